The smallest absolute Gasteiger partial charge is 0.00966 e. The summed E-state index contributed by atoms with van der Waals surface area (Å²) in [5.74, 6) is 3.19. The Morgan fingerprint density at radius 3 is 2.56 bits per heavy atom. The van der Waals surface area contributed by atoms with E-state index in [0.717, 1.165) is 24.3 Å². The molecule has 1 nitrogen and oxygen atoms in total. The van der Waals surface area contributed by atoms with Gasteiger partial charge in [0.15, 0.2) is 0 Å². The van der Waals surface area contributed by atoms with Gasteiger partial charge in [0.1, 0.15) is 0 Å². The lowest BCUT2D eigenvalue weighted by Crippen LogP contribution is -2.36. The van der Waals surface area contributed by atoms with Gasteiger partial charge in [0.2, 0.25) is 0 Å². The minimum atomic E-state index is 0.256. The van der Waals surface area contributed by atoms with E-state index >= 15 is 0 Å². The molecular weight excluding hydrogens is 218 g/mol. The molecule has 104 valence electrons. The molecule has 0 aromatic heterocycles. The Kier molecular flexibility index (Phi) is 4.53. The number of allylic oxidation sites excluding steroid dienone is 1. The lowest BCUT2D eigenvalue weighted by Gasteiger charge is -2.22. The van der Waals surface area contributed by atoms with Gasteiger partial charge in [0.05, 0.1) is 0 Å². The first kappa shape index (κ1) is 14.1. The van der Waals surface area contributed by atoms with Crippen molar-refractivity contribution in [2.24, 2.45) is 17.8 Å². The quantitative estimate of drug-likeness (QED) is 0.557. The highest BCUT2D eigenvalue weighted by molar-refractivity contribution is 5.03. The minimum Gasteiger partial charge on any atom is -0.312 e. The normalized spacial score (nSPS) is 32.2. The van der Waals surface area contributed by atoms with Crippen LogP contribution in [0.5, 0.6) is 0 Å². The fourth-order valence-corrected chi connectivity index (χ4v) is 3.89. The third-order valence-corrected chi connectivity index (χ3v) is 4.76. The van der Waals surface area contributed by atoms with Crippen LogP contribution in [0.4, 0.5) is 0 Å². The van der Waals surface area contributed by atoms with Gasteiger partial charge in [-0.3, -0.25) is 0 Å². The van der Waals surface area contributed by atoms with Gasteiger partial charge >= 0.3 is 0 Å². The average molecular weight is 249 g/mol. The topological polar surface area (TPSA) is 12.0 Å². The van der Waals surface area contributed by atoms with Crippen LogP contribution < -0.4 is 5.32 Å². The summed E-state index contributed by atoms with van der Waals surface area (Å²) in [5.41, 5.74) is 1.88. The van der Waals surface area contributed by atoms with E-state index < -0.39 is 0 Å². The lowest BCUT2D eigenvalue weighted by molar-refractivity contribution is 0.330. The summed E-state index contributed by atoms with van der Waals surface area (Å²) in [6.07, 6.45) is 11.1. The first-order valence-corrected chi connectivity index (χ1v) is 7.85. The van der Waals surface area contributed by atoms with Gasteiger partial charge in [-0.05, 0) is 84.1 Å². The molecule has 3 unspecified atom stereocenters. The van der Waals surface area contributed by atoms with E-state index in [-0.39, 0.29) is 5.54 Å². The van der Waals surface area contributed by atoms with Crippen molar-refractivity contribution in [1.82, 2.24) is 5.32 Å². The van der Waals surface area contributed by atoms with E-state index in [1.807, 2.05) is 0 Å². The van der Waals surface area contributed by atoms with Gasteiger partial charge in [-0.2, -0.15) is 0 Å². The molecule has 2 rings (SSSR count). The van der Waals surface area contributed by atoms with Crippen LogP contribution in [0.2, 0.25) is 0 Å². The monoisotopic (exact) mass is 249 g/mol. The Morgan fingerprint density at radius 2 is 2.00 bits per heavy atom. The predicted octanol–water partition coefficient (Wildman–Crippen LogP) is 4.54. The number of nitrogens with one attached hydrogen (secondary N) is 1. The van der Waals surface area contributed by atoms with E-state index in [1.54, 1.807) is 12.0 Å². The third kappa shape index (κ3) is 4.12. The van der Waals surface area contributed by atoms with Crippen LogP contribution in [0.3, 0.4) is 0 Å². The minimum absolute atomic E-state index is 0.256. The van der Waals surface area contributed by atoms with Gasteiger partial charge in [0.25, 0.3) is 0 Å². The van der Waals surface area contributed by atoms with Crippen molar-refractivity contribution in [3.8, 4) is 0 Å². The van der Waals surface area contributed by atoms with Gasteiger partial charge in [-0.15, -0.1) is 0 Å². The molecule has 0 aromatic carbocycles. The summed E-state index contributed by atoms with van der Waals surface area (Å²) in [5, 5.41) is 3.55. The molecule has 1 heteroatoms. The second-order valence-corrected chi connectivity index (χ2v) is 7.65. The maximum Gasteiger partial charge on any atom is 0.00966 e. The Hall–Kier alpha value is -0.300. The highest BCUT2D eigenvalue weighted by atomic mass is 14.9. The molecular formula is C17H31N. The Balaban J connectivity index is 1.66. The zero-order chi connectivity index (χ0) is 13.2. The predicted molar refractivity (Wildman–Crippen MR) is 79.7 cm³/mol. The molecule has 0 amide bonds. The number of hydrogen-bond donors (Lipinski definition) is 1. The summed E-state index contributed by atoms with van der Waals surface area (Å²) in [7, 11) is 0. The molecule has 2 bridgehead atoms. The standard InChI is InChI=1S/C17H31N/c1-13(6-5-9-18-17(2,3)4)10-16-12-14-7-8-15(16)11-14/h6,14-16,18H,5,7-12H2,1-4H3. The van der Waals surface area contributed by atoms with Crippen LogP contribution in [-0.2, 0) is 0 Å². The summed E-state index contributed by atoms with van der Waals surface area (Å²) in [4.78, 5) is 0. The van der Waals surface area contributed by atoms with Crippen LogP contribution in [0.1, 0.15) is 66.2 Å². The Labute approximate surface area is 113 Å². The molecule has 0 aliphatic heterocycles. The second-order valence-electron chi connectivity index (χ2n) is 7.65. The molecule has 2 aliphatic rings. The van der Waals surface area contributed by atoms with E-state index in [0.29, 0.717) is 0 Å². The molecule has 0 radical (unpaired) electrons. The maximum atomic E-state index is 3.55. The highest BCUT2D eigenvalue weighted by Crippen LogP contribution is 2.50. The molecule has 0 heterocycles. The van der Waals surface area contributed by atoms with Crippen molar-refractivity contribution in [1.29, 1.82) is 0 Å². The summed E-state index contributed by atoms with van der Waals surface area (Å²) >= 11 is 0. The molecule has 1 N–H and O–H groups in total. The van der Waals surface area contributed by atoms with Crippen molar-refractivity contribution in [3.05, 3.63) is 11.6 Å². The fraction of sp³-hybridized carbons (Fsp3) is 0.882. The number of rotatable bonds is 5. The van der Waals surface area contributed by atoms with Crippen LogP contribution >= 0.6 is 0 Å². The van der Waals surface area contributed by atoms with E-state index in [4.69, 9.17) is 0 Å². The highest BCUT2D eigenvalue weighted by Gasteiger charge is 2.38. The SMILES string of the molecule is CC(=CCCNC(C)(C)C)CC1CC2CCC1C2. The molecule has 2 fully saturated rings. The molecule has 2 saturated carbocycles. The largest absolute Gasteiger partial charge is 0.312 e. The molecule has 0 spiro atoms. The average Bonchev–Trinajstić information content (AvgIpc) is 2.85. The van der Waals surface area contributed by atoms with Gasteiger partial charge < -0.3 is 5.32 Å². The van der Waals surface area contributed by atoms with E-state index in [1.165, 1.54) is 32.1 Å². The van der Waals surface area contributed by atoms with Gasteiger partial charge in [0, 0.05) is 5.54 Å². The third-order valence-electron chi connectivity index (χ3n) is 4.76. The lowest BCUT2D eigenvalue weighted by atomic mass is 9.84. The van der Waals surface area contributed by atoms with E-state index in [2.05, 4.69) is 39.1 Å². The molecule has 18 heavy (non-hydrogen) atoms. The molecule has 0 saturated heterocycles. The van der Waals surface area contributed by atoms with Crippen molar-refractivity contribution in [2.75, 3.05) is 6.54 Å². The Bertz CT molecular complexity index is 297. The van der Waals surface area contributed by atoms with Crippen molar-refractivity contribution in [3.63, 3.8) is 0 Å². The first-order chi connectivity index (χ1) is 8.44. The van der Waals surface area contributed by atoms with Gasteiger partial charge in [-0.1, -0.05) is 18.1 Å². The van der Waals surface area contributed by atoms with E-state index in [9.17, 15) is 0 Å². The molecule has 0 aromatic rings. The van der Waals surface area contributed by atoms with Crippen LogP contribution in [-0.4, -0.2) is 12.1 Å². The number of hydrogen-bond acceptors (Lipinski definition) is 1. The van der Waals surface area contributed by atoms with Crippen molar-refractivity contribution < 1.29 is 0 Å². The van der Waals surface area contributed by atoms with Crippen LogP contribution in [0.15, 0.2) is 11.6 Å². The van der Waals surface area contributed by atoms with Crippen molar-refractivity contribution >= 4 is 0 Å². The Morgan fingerprint density at radius 1 is 1.22 bits per heavy atom. The molecule has 3 atom stereocenters. The summed E-state index contributed by atoms with van der Waals surface area (Å²) in [6.45, 7) is 10.1. The second kappa shape index (κ2) is 5.77. The summed E-state index contributed by atoms with van der Waals surface area (Å²) in [6, 6.07) is 0. The maximum absolute atomic E-state index is 3.55. The zero-order valence-electron chi connectivity index (χ0n) is 12.8. The summed E-state index contributed by atoms with van der Waals surface area (Å²) < 4.78 is 0. The van der Waals surface area contributed by atoms with Gasteiger partial charge in [-0.25, -0.2) is 0 Å². The molecule has 2 aliphatic carbocycles. The number of fused-ring (bicyclic) bond motifs is 2. The van der Waals surface area contributed by atoms with Crippen molar-refractivity contribution in [2.45, 2.75) is 71.8 Å². The fourth-order valence-electron chi connectivity index (χ4n) is 3.89. The first-order valence-electron chi connectivity index (χ1n) is 7.85. The van der Waals surface area contributed by atoms with Crippen LogP contribution in [0, 0.1) is 17.8 Å². The van der Waals surface area contributed by atoms with Crippen LogP contribution in [0.25, 0.3) is 0 Å². The zero-order valence-corrected chi connectivity index (χ0v) is 12.8.